The van der Waals surface area contributed by atoms with Crippen molar-refractivity contribution in [2.75, 3.05) is 0 Å². The molecule has 0 radical (unpaired) electrons. The van der Waals surface area contributed by atoms with Gasteiger partial charge in [-0.3, -0.25) is 0 Å². The molecule has 0 unspecified atom stereocenters. The SMILES string of the molecule is CCCc1noc(CSc2nnc(-c3ccco3)n2C)n1. The minimum Gasteiger partial charge on any atom is -0.461 e. The zero-order valence-electron chi connectivity index (χ0n) is 11.8. The van der Waals surface area contributed by atoms with Gasteiger partial charge in [-0.15, -0.1) is 10.2 Å². The van der Waals surface area contributed by atoms with E-state index in [1.54, 1.807) is 6.26 Å². The molecular formula is C13H15N5O2S. The molecule has 0 N–H and O–H groups in total. The number of thioether (sulfide) groups is 1. The predicted octanol–water partition coefficient (Wildman–Crippen LogP) is 2.70. The number of nitrogens with zero attached hydrogens (tertiary/aromatic N) is 5. The first-order valence-corrected chi connectivity index (χ1v) is 7.64. The van der Waals surface area contributed by atoms with E-state index in [-0.39, 0.29) is 0 Å². The van der Waals surface area contributed by atoms with Crippen LogP contribution in [0.25, 0.3) is 11.6 Å². The molecule has 0 fully saturated rings. The van der Waals surface area contributed by atoms with Crippen molar-refractivity contribution >= 4 is 11.8 Å². The van der Waals surface area contributed by atoms with E-state index in [0.717, 1.165) is 23.8 Å². The zero-order chi connectivity index (χ0) is 14.7. The molecule has 3 heterocycles. The van der Waals surface area contributed by atoms with Gasteiger partial charge in [0.25, 0.3) is 0 Å². The second kappa shape index (κ2) is 6.13. The van der Waals surface area contributed by atoms with E-state index < -0.39 is 0 Å². The molecule has 21 heavy (non-hydrogen) atoms. The quantitative estimate of drug-likeness (QED) is 0.647. The Kier molecular flexibility index (Phi) is 4.05. The van der Waals surface area contributed by atoms with Crippen molar-refractivity contribution in [1.82, 2.24) is 24.9 Å². The molecule has 0 aromatic carbocycles. The summed E-state index contributed by atoms with van der Waals surface area (Å²) in [6, 6.07) is 3.68. The van der Waals surface area contributed by atoms with Crippen molar-refractivity contribution in [1.29, 1.82) is 0 Å². The topological polar surface area (TPSA) is 82.8 Å². The molecule has 3 aromatic rings. The van der Waals surface area contributed by atoms with Crippen LogP contribution in [0.3, 0.4) is 0 Å². The van der Waals surface area contributed by atoms with Gasteiger partial charge in [0.2, 0.25) is 5.89 Å². The lowest BCUT2D eigenvalue weighted by Crippen LogP contribution is -1.94. The third-order valence-electron chi connectivity index (χ3n) is 2.88. The predicted molar refractivity (Wildman–Crippen MR) is 76.6 cm³/mol. The molecule has 3 rings (SSSR count). The molecule has 0 saturated carbocycles. The van der Waals surface area contributed by atoms with Gasteiger partial charge in [0, 0.05) is 13.5 Å². The van der Waals surface area contributed by atoms with Crippen molar-refractivity contribution in [3.05, 3.63) is 30.1 Å². The number of aryl methyl sites for hydroxylation is 1. The summed E-state index contributed by atoms with van der Waals surface area (Å²) < 4.78 is 12.4. The summed E-state index contributed by atoms with van der Waals surface area (Å²) in [4.78, 5) is 4.33. The van der Waals surface area contributed by atoms with Gasteiger partial charge in [0.1, 0.15) is 0 Å². The summed E-state index contributed by atoms with van der Waals surface area (Å²) in [6.07, 6.45) is 3.45. The maximum atomic E-state index is 5.33. The van der Waals surface area contributed by atoms with E-state index in [1.165, 1.54) is 11.8 Å². The van der Waals surface area contributed by atoms with E-state index >= 15 is 0 Å². The minimum absolute atomic E-state index is 0.570. The van der Waals surface area contributed by atoms with Crippen LogP contribution < -0.4 is 0 Å². The van der Waals surface area contributed by atoms with Gasteiger partial charge in [0.05, 0.1) is 12.0 Å². The van der Waals surface area contributed by atoms with E-state index in [0.29, 0.717) is 23.2 Å². The second-order valence-corrected chi connectivity index (χ2v) is 5.43. The first-order valence-electron chi connectivity index (χ1n) is 6.65. The zero-order valence-corrected chi connectivity index (χ0v) is 12.6. The molecule has 8 heteroatoms. The van der Waals surface area contributed by atoms with Crippen molar-refractivity contribution in [2.24, 2.45) is 7.05 Å². The molecule has 0 spiro atoms. The maximum absolute atomic E-state index is 5.33. The molecule has 0 saturated heterocycles. The number of hydrogen-bond donors (Lipinski definition) is 0. The fourth-order valence-corrected chi connectivity index (χ4v) is 2.61. The van der Waals surface area contributed by atoms with Gasteiger partial charge in [-0.1, -0.05) is 23.8 Å². The highest BCUT2D eigenvalue weighted by Crippen LogP contribution is 2.24. The normalized spacial score (nSPS) is 11.1. The highest BCUT2D eigenvalue weighted by atomic mass is 32.2. The van der Waals surface area contributed by atoms with Gasteiger partial charge in [-0.2, -0.15) is 4.98 Å². The Hall–Kier alpha value is -2.09. The fourth-order valence-electron chi connectivity index (χ4n) is 1.86. The van der Waals surface area contributed by atoms with Crippen LogP contribution in [-0.4, -0.2) is 24.9 Å². The number of furan rings is 1. The number of hydrogen-bond acceptors (Lipinski definition) is 7. The lowest BCUT2D eigenvalue weighted by molar-refractivity contribution is 0.384. The van der Waals surface area contributed by atoms with Gasteiger partial charge in [-0.05, 0) is 18.6 Å². The highest BCUT2D eigenvalue weighted by Gasteiger charge is 2.14. The summed E-state index contributed by atoms with van der Waals surface area (Å²) in [5.74, 6) is 3.31. The summed E-state index contributed by atoms with van der Waals surface area (Å²) in [7, 11) is 1.90. The van der Waals surface area contributed by atoms with Crippen LogP contribution in [-0.2, 0) is 19.2 Å². The van der Waals surface area contributed by atoms with Gasteiger partial charge < -0.3 is 13.5 Å². The highest BCUT2D eigenvalue weighted by molar-refractivity contribution is 7.98. The minimum atomic E-state index is 0.570. The third kappa shape index (κ3) is 2.99. The van der Waals surface area contributed by atoms with E-state index in [4.69, 9.17) is 8.94 Å². The molecule has 0 atom stereocenters. The van der Waals surface area contributed by atoms with Crippen molar-refractivity contribution in [3.63, 3.8) is 0 Å². The molecular weight excluding hydrogens is 290 g/mol. The summed E-state index contributed by atoms with van der Waals surface area (Å²) in [6.45, 7) is 2.08. The van der Waals surface area contributed by atoms with Crippen molar-refractivity contribution < 1.29 is 8.94 Å². The largest absolute Gasteiger partial charge is 0.461 e. The monoisotopic (exact) mass is 305 g/mol. The molecule has 0 aliphatic carbocycles. The Labute approximate surface area is 125 Å². The van der Waals surface area contributed by atoms with Crippen LogP contribution in [0.15, 0.2) is 32.5 Å². The van der Waals surface area contributed by atoms with Crippen LogP contribution in [0.5, 0.6) is 0 Å². The van der Waals surface area contributed by atoms with Crippen molar-refractivity contribution in [3.8, 4) is 11.6 Å². The molecule has 7 nitrogen and oxygen atoms in total. The van der Waals surface area contributed by atoms with Crippen LogP contribution in [0.4, 0.5) is 0 Å². The molecule has 110 valence electrons. The number of aromatic nitrogens is 5. The number of rotatable bonds is 6. The summed E-state index contributed by atoms with van der Waals surface area (Å²) in [5.41, 5.74) is 0. The van der Waals surface area contributed by atoms with E-state index in [1.807, 2.05) is 23.7 Å². The Bertz CT molecular complexity index is 704. The van der Waals surface area contributed by atoms with E-state index in [2.05, 4.69) is 27.3 Å². The Morgan fingerprint density at radius 2 is 2.24 bits per heavy atom. The first kappa shape index (κ1) is 13.9. The smallest absolute Gasteiger partial charge is 0.237 e. The van der Waals surface area contributed by atoms with Crippen molar-refractivity contribution in [2.45, 2.75) is 30.7 Å². The van der Waals surface area contributed by atoms with Crippen LogP contribution >= 0.6 is 11.8 Å². The molecule has 3 aromatic heterocycles. The molecule has 0 bridgehead atoms. The second-order valence-electron chi connectivity index (χ2n) is 4.49. The average Bonchev–Trinajstić information content (AvgIpc) is 3.18. The van der Waals surface area contributed by atoms with Crippen LogP contribution in [0, 0.1) is 0 Å². The maximum Gasteiger partial charge on any atom is 0.237 e. The first-order chi connectivity index (χ1) is 10.3. The Morgan fingerprint density at radius 3 is 3.00 bits per heavy atom. The van der Waals surface area contributed by atoms with Crippen LogP contribution in [0.1, 0.15) is 25.1 Å². The lowest BCUT2D eigenvalue weighted by atomic mass is 10.3. The standard InChI is InChI=1S/C13H15N5O2S/c1-3-5-10-14-11(20-17-10)8-21-13-16-15-12(18(13)2)9-6-4-7-19-9/h4,6-7H,3,5,8H2,1-2H3. The third-order valence-corrected chi connectivity index (χ3v) is 3.89. The summed E-state index contributed by atoms with van der Waals surface area (Å²) in [5, 5.41) is 13.0. The Morgan fingerprint density at radius 1 is 1.33 bits per heavy atom. The lowest BCUT2D eigenvalue weighted by Gasteiger charge is -1.99. The Balaban J connectivity index is 1.68. The fraction of sp³-hybridized carbons (Fsp3) is 0.385. The molecule has 0 amide bonds. The molecule has 0 aliphatic heterocycles. The van der Waals surface area contributed by atoms with E-state index in [9.17, 15) is 0 Å². The summed E-state index contributed by atoms with van der Waals surface area (Å²) >= 11 is 1.50. The van der Waals surface area contributed by atoms with Gasteiger partial charge >= 0.3 is 0 Å². The van der Waals surface area contributed by atoms with Gasteiger partial charge in [0.15, 0.2) is 22.6 Å². The molecule has 0 aliphatic rings. The average molecular weight is 305 g/mol. The van der Waals surface area contributed by atoms with Gasteiger partial charge in [-0.25, -0.2) is 0 Å². The van der Waals surface area contributed by atoms with Crippen LogP contribution in [0.2, 0.25) is 0 Å².